The number of nitrogens with zero attached hydrogens (tertiary/aromatic N) is 4. The number of nitrogens with one attached hydrogen (secondary N) is 1. The molecular weight excluding hydrogens is 784 g/mol. The van der Waals surface area contributed by atoms with E-state index in [0.717, 1.165) is 19.3 Å². The number of fused-ring (bicyclic) bond motifs is 2. The van der Waals surface area contributed by atoms with E-state index in [0.29, 0.717) is 17.9 Å². The van der Waals surface area contributed by atoms with Crippen molar-refractivity contribution in [3.63, 3.8) is 0 Å². The van der Waals surface area contributed by atoms with Crippen LogP contribution in [0.15, 0.2) is 18.2 Å². The monoisotopic (exact) mass is 847 g/mol. The Bertz CT molecular complexity index is 1070. The van der Waals surface area contributed by atoms with Crippen LogP contribution in [0.1, 0.15) is 127 Å². The summed E-state index contributed by atoms with van der Waals surface area (Å²) in [7, 11) is 0. The Labute approximate surface area is 331 Å². The molecule has 4 N–H and O–H groups in total. The van der Waals surface area contributed by atoms with E-state index in [4.69, 9.17) is 0 Å². The van der Waals surface area contributed by atoms with Gasteiger partial charge >= 0.3 is 17.9 Å². The van der Waals surface area contributed by atoms with Gasteiger partial charge in [0.2, 0.25) is 5.91 Å². The number of aromatic nitrogens is 1. The second kappa shape index (κ2) is 28.8. The number of aliphatic carboxylic acids is 3. The predicted octanol–water partition coefficient (Wildman–Crippen LogP) is 5.39. The maximum atomic E-state index is 12.9. The number of hydrogen-bond donors (Lipinski definition) is 4. The first-order chi connectivity index (χ1) is 23.7. The molecule has 286 valence electrons. The molecule has 13 heteroatoms. The van der Waals surface area contributed by atoms with E-state index in [1.165, 1.54) is 83.5 Å². The molecule has 1 aliphatic rings. The Morgan fingerprint density at radius 1 is 0.680 bits per heavy atom. The summed E-state index contributed by atoms with van der Waals surface area (Å²) in [4.78, 5) is 58.1. The van der Waals surface area contributed by atoms with Gasteiger partial charge in [0.05, 0.1) is 30.9 Å². The van der Waals surface area contributed by atoms with Crippen LogP contribution in [-0.4, -0.2) is 111 Å². The van der Waals surface area contributed by atoms with Gasteiger partial charge in [-0.05, 0) is 18.6 Å². The molecule has 1 atom stereocenters. The average molecular weight is 847 g/mol. The van der Waals surface area contributed by atoms with Crippen LogP contribution in [0.4, 0.5) is 0 Å². The molecule has 0 saturated heterocycles. The van der Waals surface area contributed by atoms with Crippen LogP contribution < -0.4 is 5.32 Å². The molecule has 0 fully saturated rings. The first-order valence-corrected chi connectivity index (χ1v) is 18.7. The van der Waals surface area contributed by atoms with Crippen molar-refractivity contribution in [1.29, 1.82) is 0 Å². The van der Waals surface area contributed by atoms with Gasteiger partial charge in [-0.1, -0.05) is 109 Å². The van der Waals surface area contributed by atoms with Gasteiger partial charge in [0.25, 0.3) is 0 Å². The molecule has 1 aromatic heterocycles. The molecule has 0 saturated carbocycles. The number of rotatable bonds is 25. The number of unbranched alkanes of at least 4 members (excludes halogenated alkanes) is 15. The van der Waals surface area contributed by atoms with E-state index in [2.05, 4.69) is 17.2 Å². The van der Waals surface area contributed by atoms with Crippen molar-refractivity contribution in [1.82, 2.24) is 25.0 Å². The Hall–Kier alpha value is -1.77. The number of amides is 1. The molecule has 50 heavy (non-hydrogen) atoms. The van der Waals surface area contributed by atoms with Gasteiger partial charge in [0.1, 0.15) is 6.04 Å². The Morgan fingerprint density at radius 3 is 1.50 bits per heavy atom. The van der Waals surface area contributed by atoms with E-state index < -0.39 is 23.9 Å². The third-order valence-electron chi connectivity index (χ3n) is 9.22. The van der Waals surface area contributed by atoms with Crippen molar-refractivity contribution >= 4 is 23.8 Å². The van der Waals surface area contributed by atoms with Crippen LogP contribution in [0.3, 0.4) is 0 Å². The van der Waals surface area contributed by atoms with Gasteiger partial charge < -0.3 is 20.6 Å². The number of hydrogen-bond acceptors (Lipinski definition) is 8. The van der Waals surface area contributed by atoms with Gasteiger partial charge in [-0.3, -0.25) is 38.9 Å². The molecule has 12 nitrogen and oxygen atoms in total. The molecule has 1 aromatic rings. The molecule has 1 amide bonds. The summed E-state index contributed by atoms with van der Waals surface area (Å²) in [6.07, 6.45) is 20.0. The molecule has 0 spiro atoms. The van der Waals surface area contributed by atoms with Gasteiger partial charge in [0, 0.05) is 85.8 Å². The third-order valence-corrected chi connectivity index (χ3v) is 9.22. The van der Waals surface area contributed by atoms with Crippen molar-refractivity contribution in [2.75, 3.05) is 45.8 Å². The second-order valence-electron chi connectivity index (χ2n) is 13.6. The normalized spacial score (nSPS) is 15.3. The number of pyridine rings is 1. The largest absolute Gasteiger partial charge is 0.480 e. The molecule has 1 unspecified atom stereocenters. The third kappa shape index (κ3) is 22.2. The summed E-state index contributed by atoms with van der Waals surface area (Å²) < 4.78 is 0. The molecule has 2 rings (SSSR count). The minimum Gasteiger partial charge on any atom is -0.480 e. The molecule has 0 aromatic carbocycles. The molecule has 2 heterocycles. The first kappa shape index (κ1) is 46.3. The van der Waals surface area contributed by atoms with Gasteiger partial charge in [-0.15, -0.1) is 0 Å². The fourth-order valence-electron chi connectivity index (χ4n) is 6.46. The molecular formula is C37H63GdN5O7. The van der Waals surface area contributed by atoms with Crippen molar-refractivity contribution in [3.05, 3.63) is 29.6 Å². The minimum atomic E-state index is -1.15. The fraction of sp³-hybridized carbons (Fsp3) is 0.757. The maximum Gasteiger partial charge on any atom is 0.321 e. The van der Waals surface area contributed by atoms with Crippen LogP contribution in [-0.2, 0) is 32.3 Å². The zero-order valence-electron chi connectivity index (χ0n) is 30.3. The second-order valence-corrected chi connectivity index (χ2v) is 13.6. The van der Waals surface area contributed by atoms with Gasteiger partial charge in [-0.2, -0.15) is 0 Å². The number of carboxylic acids is 3. The van der Waals surface area contributed by atoms with E-state index in [-0.39, 0.29) is 105 Å². The van der Waals surface area contributed by atoms with Crippen LogP contribution in [0.2, 0.25) is 0 Å². The Kier molecular flexibility index (Phi) is 26.6. The summed E-state index contributed by atoms with van der Waals surface area (Å²) in [5, 5.41) is 32.0. The standard InChI is InChI=1S/C37H63N5O7.Gd/c1-2-3-4-5-6-7-8-9-10-11-12-13-14-15-16-17-21-38-34(43)26-33(37(48)49)42-24-22-40(29-35(44)45)27-31-19-18-20-32(39-31)28-41(23-25-42)30-36(46)47;/h18-20,33H,2-17,21-30H2,1H3,(H,38,43)(H,44,45)(H,46,47)(H,48,49);. The van der Waals surface area contributed by atoms with Crippen LogP contribution in [0.25, 0.3) is 0 Å². The summed E-state index contributed by atoms with van der Waals surface area (Å²) in [5.41, 5.74) is 1.29. The first-order valence-electron chi connectivity index (χ1n) is 18.7. The molecule has 0 aliphatic carbocycles. The van der Waals surface area contributed by atoms with Crippen LogP contribution in [0, 0.1) is 39.9 Å². The zero-order valence-corrected chi connectivity index (χ0v) is 32.6. The number of carbonyl (C=O) groups excluding carboxylic acids is 1. The van der Waals surface area contributed by atoms with Crippen LogP contribution >= 0.6 is 0 Å². The smallest absolute Gasteiger partial charge is 0.321 e. The number of carbonyl (C=O) groups is 4. The topological polar surface area (TPSA) is 164 Å². The van der Waals surface area contributed by atoms with Crippen molar-refractivity contribution < 1.29 is 74.4 Å². The van der Waals surface area contributed by atoms with E-state index in [1.54, 1.807) is 26.8 Å². The van der Waals surface area contributed by atoms with Crippen molar-refractivity contribution in [2.24, 2.45) is 0 Å². The minimum absolute atomic E-state index is 0. The SMILES string of the molecule is CCCCCCCCCCCCCCCCCCNC(=O)CC(C(=O)O)N1CCN(CC(=O)O)Cc2cccc(n2)CN(CC(=O)O)CC1.[Gd]. The van der Waals surface area contributed by atoms with E-state index >= 15 is 0 Å². The van der Waals surface area contributed by atoms with E-state index in [1.807, 2.05) is 6.07 Å². The molecule has 2 bridgehead atoms. The maximum absolute atomic E-state index is 12.9. The van der Waals surface area contributed by atoms with Gasteiger partial charge in [0.15, 0.2) is 0 Å². The van der Waals surface area contributed by atoms with Crippen molar-refractivity contribution in [2.45, 2.75) is 135 Å². The number of carboxylic acid groups (broad SMARTS) is 3. The summed E-state index contributed by atoms with van der Waals surface area (Å²) in [6, 6.07) is 4.25. The molecule has 1 aliphatic heterocycles. The molecule has 0 radical (unpaired) electrons. The zero-order chi connectivity index (χ0) is 35.7. The Balaban J connectivity index is 0.0000125. The average Bonchev–Trinajstić information content (AvgIpc) is 3.04. The fourth-order valence-corrected chi connectivity index (χ4v) is 6.46. The Morgan fingerprint density at radius 2 is 1.10 bits per heavy atom. The summed E-state index contributed by atoms with van der Waals surface area (Å²) in [6.45, 7) is 3.59. The quantitative estimate of drug-likeness (QED) is 0.0934. The summed E-state index contributed by atoms with van der Waals surface area (Å²) >= 11 is 0. The van der Waals surface area contributed by atoms with Crippen LogP contribution in [0.5, 0.6) is 0 Å². The van der Waals surface area contributed by atoms with Gasteiger partial charge in [-0.25, -0.2) is 0 Å². The van der Waals surface area contributed by atoms with E-state index in [9.17, 15) is 34.5 Å². The predicted molar refractivity (Wildman–Crippen MR) is 190 cm³/mol. The van der Waals surface area contributed by atoms with Crippen molar-refractivity contribution in [3.8, 4) is 0 Å². The summed E-state index contributed by atoms with van der Waals surface area (Å²) in [5.74, 6) is -3.51.